The van der Waals surface area contributed by atoms with E-state index in [0.29, 0.717) is 5.28 Å². The van der Waals surface area contributed by atoms with Crippen LogP contribution >= 0.6 is 11.6 Å². The van der Waals surface area contributed by atoms with Crippen molar-refractivity contribution in [1.29, 1.82) is 0 Å². The van der Waals surface area contributed by atoms with Gasteiger partial charge in [0.05, 0.1) is 11.0 Å². The summed E-state index contributed by atoms with van der Waals surface area (Å²) >= 11 is 6.10. The summed E-state index contributed by atoms with van der Waals surface area (Å²) in [7, 11) is 0. The highest BCUT2D eigenvalue weighted by Crippen LogP contribution is 2.27. The maximum absolute atomic E-state index is 6.10. The highest BCUT2D eigenvalue weighted by Gasteiger charge is 2.19. The lowest BCUT2D eigenvalue weighted by molar-refractivity contribution is 0.409. The van der Waals surface area contributed by atoms with Crippen LogP contribution in [0.15, 0.2) is 24.3 Å². The molecule has 0 aliphatic carbocycles. The van der Waals surface area contributed by atoms with Crippen molar-refractivity contribution in [3.8, 4) is 0 Å². The van der Waals surface area contributed by atoms with Crippen molar-refractivity contribution in [2.75, 3.05) is 0 Å². The molecule has 1 aromatic carbocycles. The second-order valence-corrected chi connectivity index (χ2v) is 4.71. The van der Waals surface area contributed by atoms with Crippen LogP contribution in [0.3, 0.4) is 0 Å². The van der Waals surface area contributed by atoms with Gasteiger partial charge in [0.1, 0.15) is 0 Å². The summed E-state index contributed by atoms with van der Waals surface area (Å²) in [4.78, 5) is 4.31. The van der Waals surface area contributed by atoms with Crippen molar-refractivity contribution in [3.63, 3.8) is 0 Å². The summed E-state index contributed by atoms with van der Waals surface area (Å²) in [5.41, 5.74) is 2.00. The fourth-order valence-electron chi connectivity index (χ4n) is 1.63. The first-order valence-electron chi connectivity index (χ1n) is 4.63. The number of aromatic nitrogens is 2. The lowest BCUT2D eigenvalue weighted by Crippen LogP contribution is -2.21. The lowest BCUT2D eigenvalue weighted by Gasteiger charge is -2.22. The van der Waals surface area contributed by atoms with Crippen molar-refractivity contribution < 1.29 is 0 Å². The summed E-state index contributed by atoms with van der Waals surface area (Å²) < 4.78 is 2.05. The average Bonchev–Trinajstić information content (AvgIpc) is 2.38. The third-order valence-electron chi connectivity index (χ3n) is 2.19. The van der Waals surface area contributed by atoms with Crippen molar-refractivity contribution in [2.24, 2.45) is 0 Å². The van der Waals surface area contributed by atoms with Gasteiger partial charge in [-0.05, 0) is 44.5 Å². The van der Waals surface area contributed by atoms with Gasteiger partial charge in [-0.15, -0.1) is 0 Å². The maximum atomic E-state index is 6.10. The SMILES string of the molecule is CC(C)(C)n1c(Cl)nc2ccccc21. The molecule has 2 aromatic rings. The fourth-order valence-corrected chi connectivity index (χ4v) is 2.07. The zero-order valence-corrected chi connectivity index (χ0v) is 9.34. The monoisotopic (exact) mass is 208 g/mol. The molecule has 0 fully saturated rings. The molecule has 0 N–H and O–H groups in total. The van der Waals surface area contributed by atoms with E-state index in [0.717, 1.165) is 11.0 Å². The molecule has 74 valence electrons. The van der Waals surface area contributed by atoms with Gasteiger partial charge in [-0.25, -0.2) is 4.98 Å². The first-order chi connectivity index (χ1) is 6.50. The quantitative estimate of drug-likeness (QED) is 0.649. The molecule has 0 spiro atoms. The molecule has 0 radical (unpaired) electrons. The molecule has 0 aliphatic heterocycles. The predicted molar refractivity (Wildman–Crippen MR) is 59.7 cm³/mol. The zero-order chi connectivity index (χ0) is 10.3. The Morgan fingerprint density at radius 2 is 1.86 bits per heavy atom. The number of rotatable bonds is 0. The Bertz CT molecular complexity index is 466. The Labute approximate surface area is 88.5 Å². The number of imidazole rings is 1. The molecule has 0 saturated carbocycles. The van der Waals surface area contributed by atoms with E-state index in [1.807, 2.05) is 28.8 Å². The normalized spacial score (nSPS) is 12.3. The van der Waals surface area contributed by atoms with E-state index < -0.39 is 0 Å². The maximum Gasteiger partial charge on any atom is 0.204 e. The third-order valence-corrected chi connectivity index (χ3v) is 2.44. The van der Waals surface area contributed by atoms with E-state index in [9.17, 15) is 0 Å². The summed E-state index contributed by atoms with van der Waals surface area (Å²) in [6, 6.07) is 7.99. The largest absolute Gasteiger partial charge is 0.309 e. The molecule has 3 heteroatoms. The van der Waals surface area contributed by atoms with Gasteiger partial charge < -0.3 is 4.57 Å². The van der Waals surface area contributed by atoms with E-state index in [4.69, 9.17) is 11.6 Å². The van der Waals surface area contributed by atoms with Gasteiger partial charge in [0, 0.05) is 5.54 Å². The van der Waals surface area contributed by atoms with Crippen molar-refractivity contribution >= 4 is 22.6 Å². The van der Waals surface area contributed by atoms with Gasteiger partial charge in [-0.3, -0.25) is 0 Å². The van der Waals surface area contributed by atoms with Gasteiger partial charge in [-0.1, -0.05) is 12.1 Å². The number of para-hydroxylation sites is 2. The second kappa shape index (κ2) is 2.99. The molecule has 0 atom stereocenters. The fraction of sp³-hybridized carbons (Fsp3) is 0.364. The first-order valence-corrected chi connectivity index (χ1v) is 5.01. The standard InChI is InChI=1S/C11H13ClN2/c1-11(2,3)14-9-7-5-4-6-8(9)13-10(14)12/h4-7H,1-3H3. The molecule has 1 heterocycles. The van der Waals surface area contributed by atoms with Crippen LogP contribution < -0.4 is 0 Å². The number of fused-ring (bicyclic) bond motifs is 1. The number of hydrogen-bond donors (Lipinski definition) is 0. The Balaban J connectivity index is 2.81. The van der Waals surface area contributed by atoms with Gasteiger partial charge in [-0.2, -0.15) is 0 Å². The van der Waals surface area contributed by atoms with Crippen molar-refractivity contribution in [1.82, 2.24) is 9.55 Å². The molecule has 1 aromatic heterocycles. The highest BCUT2D eigenvalue weighted by molar-refractivity contribution is 6.29. The van der Waals surface area contributed by atoms with Gasteiger partial charge in [0.15, 0.2) is 0 Å². The third kappa shape index (κ3) is 1.40. The van der Waals surface area contributed by atoms with Crippen molar-refractivity contribution in [2.45, 2.75) is 26.3 Å². The Morgan fingerprint density at radius 3 is 2.50 bits per heavy atom. The van der Waals surface area contributed by atoms with Crippen LogP contribution in [-0.4, -0.2) is 9.55 Å². The summed E-state index contributed by atoms with van der Waals surface area (Å²) in [6.45, 7) is 6.35. The molecular formula is C11H13ClN2. The predicted octanol–water partition coefficient (Wildman–Crippen LogP) is 3.44. The van der Waals surface area contributed by atoms with Crippen LogP contribution in [0, 0.1) is 0 Å². The van der Waals surface area contributed by atoms with Gasteiger partial charge in [0.25, 0.3) is 0 Å². The van der Waals surface area contributed by atoms with Crippen LogP contribution in [0.4, 0.5) is 0 Å². The molecule has 0 saturated heterocycles. The van der Waals surface area contributed by atoms with Crippen LogP contribution in [0.25, 0.3) is 11.0 Å². The number of benzene rings is 1. The molecule has 0 unspecified atom stereocenters. The molecule has 14 heavy (non-hydrogen) atoms. The Morgan fingerprint density at radius 1 is 1.21 bits per heavy atom. The number of hydrogen-bond acceptors (Lipinski definition) is 1. The van der Waals surface area contributed by atoms with E-state index >= 15 is 0 Å². The molecule has 0 bridgehead atoms. The Kier molecular flexibility index (Phi) is 2.04. The molecule has 2 rings (SSSR count). The van der Waals surface area contributed by atoms with Crippen LogP contribution in [0.5, 0.6) is 0 Å². The van der Waals surface area contributed by atoms with E-state index in [1.165, 1.54) is 0 Å². The number of halogens is 1. The van der Waals surface area contributed by atoms with Gasteiger partial charge in [0.2, 0.25) is 5.28 Å². The summed E-state index contributed by atoms with van der Waals surface area (Å²) in [5, 5.41) is 0.554. The second-order valence-electron chi connectivity index (χ2n) is 4.38. The minimum Gasteiger partial charge on any atom is -0.309 e. The molecule has 0 amide bonds. The topological polar surface area (TPSA) is 17.8 Å². The van der Waals surface area contributed by atoms with E-state index in [2.05, 4.69) is 25.8 Å². The van der Waals surface area contributed by atoms with Crippen LogP contribution in [0.2, 0.25) is 5.28 Å². The van der Waals surface area contributed by atoms with Gasteiger partial charge >= 0.3 is 0 Å². The lowest BCUT2D eigenvalue weighted by atomic mass is 10.1. The highest BCUT2D eigenvalue weighted by atomic mass is 35.5. The molecular weight excluding hydrogens is 196 g/mol. The zero-order valence-electron chi connectivity index (χ0n) is 8.58. The molecule has 0 aliphatic rings. The Hall–Kier alpha value is -1.02. The number of nitrogens with zero attached hydrogens (tertiary/aromatic N) is 2. The smallest absolute Gasteiger partial charge is 0.204 e. The van der Waals surface area contributed by atoms with Crippen LogP contribution in [-0.2, 0) is 5.54 Å². The van der Waals surface area contributed by atoms with Crippen LogP contribution in [0.1, 0.15) is 20.8 Å². The van der Waals surface area contributed by atoms with E-state index in [-0.39, 0.29) is 5.54 Å². The summed E-state index contributed by atoms with van der Waals surface area (Å²) in [6.07, 6.45) is 0. The molecule has 2 nitrogen and oxygen atoms in total. The average molecular weight is 209 g/mol. The first kappa shape index (κ1) is 9.53. The summed E-state index contributed by atoms with van der Waals surface area (Å²) in [5.74, 6) is 0. The van der Waals surface area contributed by atoms with Crippen molar-refractivity contribution in [3.05, 3.63) is 29.5 Å². The minimum atomic E-state index is -0.0345. The van der Waals surface area contributed by atoms with E-state index in [1.54, 1.807) is 0 Å². The minimum absolute atomic E-state index is 0.0345.